The van der Waals surface area contributed by atoms with Crippen molar-refractivity contribution in [3.05, 3.63) is 28.0 Å². The third kappa shape index (κ3) is 4.95. The summed E-state index contributed by atoms with van der Waals surface area (Å²) in [5.41, 5.74) is 0. The van der Waals surface area contributed by atoms with E-state index in [9.17, 15) is 0 Å². The molecule has 0 saturated carbocycles. The zero-order valence-corrected chi connectivity index (χ0v) is 13.5. The maximum absolute atomic E-state index is 5.39. The van der Waals surface area contributed by atoms with Gasteiger partial charge in [-0.1, -0.05) is 0 Å². The minimum absolute atomic E-state index is 0.421. The van der Waals surface area contributed by atoms with Crippen molar-refractivity contribution in [3.63, 3.8) is 0 Å². The van der Waals surface area contributed by atoms with Gasteiger partial charge in [0.15, 0.2) is 5.82 Å². The lowest BCUT2D eigenvalue weighted by molar-refractivity contribution is 0.128. The molecule has 2 aromatic heterocycles. The molecule has 0 saturated heterocycles. The molecule has 0 radical (unpaired) electrons. The van der Waals surface area contributed by atoms with Gasteiger partial charge in [0.25, 0.3) is 0 Å². The van der Waals surface area contributed by atoms with Crippen LogP contribution in [-0.4, -0.2) is 28.1 Å². The van der Waals surface area contributed by atoms with Crippen LogP contribution in [0.15, 0.2) is 12.3 Å². The molecule has 0 fully saturated rings. The van der Waals surface area contributed by atoms with Gasteiger partial charge in [0.1, 0.15) is 18.2 Å². The predicted molar refractivity (Wildman–Crippen MR) is 85.7 cm³/mol. The molecule has 0 spiro atoms. The number of nitrogens with one attached hydrogen (secondary N) is 2. The van der Waals surface area contributed by atoms with Crippen molar-refractivity contribution in [3.8, 4) is 0 Å². The third-order valence-corrected chi connectivity index (χ3v) is 3.59. The number of nitrogens with zero attached hydrogens (tertiary/aromatic N) is 3. The molecule has 2 N–H and O–H groups in total. The Kier molecular flexibility index (Phi) is 5.89. The van der Waals surface area contributed by atoms with E-state index in [0.29, 0.717) is 25.6 Å². The van der Waals surface area contributed by atoms with Crippen molar-refractivity contribution in [1.82, 2.24) is 15.0 Å². The number of hydrogen-bond donors (Lipinski definition) is 2. The van der Waals surface area contributed by atoms with Gasteiger partial charge in [-0.05, 0) is 20.8 Å². The van der Waals surface area contributed by atoms with E-state index in [1.807, 2.05) is 33.0 Å². The van der Waals surface area contributed by atoms with E-state index < -0.39 is 0 Å². The van der Waals surface area contributed by atoms with Crippen LogP contribution in [-0.2, 0) is 17.9 Å². The van der Waals surface area contributed by atoms with Gasteiger partial charge < -0.3 is 15.4 Å². The van der Waals surface area contributed by atoms with Crippen molar-refractivity contribution in [2.24, 2.45) is 0 Å². The Labute approximate surface area is 129 Å². The zero-order valence-electron chi connectivity index (χ0n) is 12.6. The molecular formula is C14H21N5OS. The molecular weight excluding hydrogens is 286 g/mol. The van der Waals surface area contributed by atoms with E-state index in [1.165, 1.54) is 4.88 Å². The lowest BCUT2D eigenvalue weighted by Crippen LogP contribution is -2.08. The second-order valence-corrected chi connectivity index (χ2v) is 5.74. The summed E-state index contributed by atoms with van der Waals surface area (Å²) in [5.74, 6) is 2.28. The second-order valence-electron chi connectivity index (χ2n) is 4.42. The molecule has 0 unspecified atom stereocenters. The Morgan fingerprint density at radius 2 is 1.95 bits per heavy atom. The Bertz CT molecular complexity index is 572. The summed E-state index contributed by atoms with van der Waals surface area (Å²) in [6, 6.07) is 1.91. The van der Waals surface area contributed by atoms with Crippen molar-refractivity contribution in [2.75, 3.05) is 23.8 Å². The van der Waals surface area contributed by atoms with Crippen LogP contribution in [0.4, 0.5) is 11.6 Å². The number of aromatic nitrogens is 3. The Hall–Kier alpha value is -1.73. The van der Waals surface area contributed by atoms with E-state index in [2.05, 4.69) is 25.6 Å². The first-order chi connectivity index (χ1) is 10.2. The van der Waals surface area contributed by atoms with Gasteiger partial charge in [-0.25, -0.2) is 15.0 Å². The molecule has 6 nitrogen and oxygen atoms in total. The van der Waals surface area contributed by atoms with Crippen LogP contribution >= 0.6 is 11.3 Å². The van der Waals surface area contributed by atoms with Crippen LogP contribution in [0.5, 0.6) is 0 Å². The molecule has 7 heteroatoms. The molecule has 2 rings (SSSR count). The molecule has 0 aromatic carbocycles. The molecule has 21 heavy (non-hydrogen) atoms. The van der Waals surface area contributed by atoms with E-state index in [1.54, 1.807) is 11.3 Å². The van der Waals surface area contributed by atoms with Crippen LogP contribution in [0.3, 0.4) is 0 Å². The maximum Gasteiger partial charge on any atom is 0.158 e. The number of aryl methyl sites for hydroxylation is 1. The Morgan fingerprint density at radius 1 is 1.19 bits per heavy atom. The minimum Gasteiger partial charge on any atom is -0.374 e. The molecule has 0 aliphatic heterocycles. The fraction of sp³-hybridized carbons (Fsp3) is 0.500. The lowest BCUT2D eigenvalue weighted by Gasteiger charge is -2.10. The van der Waals surface area contributed by atoms with E-state index in [4.69, 9.17) is 4.74 Å². The molecule has 0 aliphatic carbocycles. The van der Waals surface area contributed by atoms with Crippen molar-refractivity contribution in [1.29, 1.82) is 0 Å². The Morgan fingerprint density at radius 3 is 2.57 bits per heavy atom. The van der Waals surface area contributed by atoms with Gasteiger partial charge in [0.2, 0.25) is 0 Å². The first-order valence-corrected chi connectivity index (χ1v) is 7.87. The molecule has 0 atom stereocenters. The minimum atomic E-state index is 0.421. The van der Waals surface area contributed by atoms with Crippen molar-refractivity contribution >= 4 is 23.0 Å². The van der Waals surface area contributed by atoms with E-state index >= 15 is 0 Å². The van der Waals surface area contributed by atoms with E-state index in [0.717, 1.165) is 23.2 Å². The van der Waals surface area contributed by atoms with Gasteiger partial charge in [-0.2, -0.15) is 0 Å². The third-order valence-electron chi connectivity index (χ3n) is 2.68. The van der Waals surface area contributed by atoms with Crippen LogP contribution in [0.1, 0.15) is 29.6 Å². The van der Waals surface area contributed by atoms with Gasteiger partial charge in [0.05, 0.1) is 11.6 Å². The lowest BCUT2D eigenvalue weighted by atomic mass is 10.4. The standard InChI is InChI=1S/C14H21N5OS/c1-4-15-12-6-13(19-14(18-12)9-20-5-2)17-8-11-7-16-10(3)21-11/h6-7H,4-5,8-9H2,1-3H3,(H2,15,17,18,19). The quantitative estimate of drug-likeness (QED) is 0.781. The number of thiazole rings is 1. The number of rotatable bonds is 8. The highest BCUT2D eigenvalue weighted by Gasteiger charge is 2.05. The van der Waals surface area contributed by atoms with Crippen LogP contribution in [0, 0.1) is 6.92 Å². The fourth-order valence-corrected chi connectivity index (χ4v) is 2.52. The highest BCUT2D eigenvalue weighted by molar-refractivity contribution is 7.11. The summed E-state index contributed by atoms with van der Waals surface area (Å²) in [5, 5.41) is 7.59. The summed E-state index contributed by atoms with van der Waals surface area (Å²) in [6.45, 7) is 8.60. The van der Waals surface area contributed by atoms with Crippen LogP contribution in [0.2, 0.25) is 0 Å². The summed E-state index contributed by atoms with van der Waals surface area (Å²) in [7, 11) is 0. The summed E-state index contributed by atoms with van der Waals surface area (Å²) in [6.07, 6.45) is 1.89. The van der Waals surface area contributed by atoms with E-state index in [-0.39, 0.29) is 0 Å². The maximum atomic E-state index is 5.39. The van der Waals surface area contributed by atoms with Crippen LogP contribution < -0.4 is 10.6 Å². The average molecular weight is 307 g/mol. The van der Waals surface area contributed by atoms with Crippen molar-refractivity contribution in [2.45, 2.75) is 33.9 Å². The highest BCUT2D eigenvalue weighted by Crippen LogP contribution is 2.16. The molecule has 2 heterocycles. The number of hydrogen-bond acceptors (Lipinski definition) is 7. The fourth-order valence-electron chi connectivity index (χ4n) is 1.78. The predicted octanol–water partition coefficient (Wildman–Crippen LogP) is 2.82. The normalized spacial score (nSPS) is 10.6. The summed E-state index contributed by atoms with van der Waals surface area (Å²) < 4.78 is 5.39. The van der Waals surface area contributed by atoms with Gasteiger partial charge in [-0.15, -0.1) is 11.3 Å². The number of ether oxygens (including phenoxy) is 1. The molecule has 2 aromatic rings. The largest absolute Gasteiger partial charge is 0.374 e. The zero-order chi connectivity index (χ0) is 15.1. The topological polar surface area (TPSA) is 72.0 Å². The van der Waals surface area contributed by atoms with Crippen molar-refractivity contribution < 1.29 is 4.74 Å². The molecule has 114 valence electrons. The smallest absolute Gasteiger partial charge is 0.158 e. The SMILES string of the molecule is CCNc1cc(NCc2cnc(C)s2)nc(COCC)n1. The van der Waals surface area contributed by atoms with Gasteiger partial charge >= 0.3 is 0 Å². The number of anilines is 2. The second kappa shape index (κ2) is 7.90. The van der Waals surface area contributed by atoms with Gasteiger partial charge in [-0.3, -0.25) is 0 Å². The highest BCUT2D eigenvalue weighted by atomic mass is 32.1. The monoisotopic (exact) mass is 307 g/mol. The first kappa shape index (κ1) is 15.7. The molecule has 0 amide bonds. The molecule has 0 aliphatic rings. The average Bonchev–Trinajstić information content (AvgIpc) is 2.89. The summed E-state index contributed by atoms with van der Waals surface area (Å²) >= 11 is 1.68. The molecule has 0 bridgehead atoms. The Balaban J connectivity index is 2.07. The first-order valence-electron chi connectivity index (χ1n) is 7.06. The van der Waals surface area contributed by atoms with Gasteiger partial charge in [0, 0.05) is 30.3 Å². The summed E-state index contributed by atoms with van der Waals surface area (Å²) in [4.78, 5) is 14.3. The van der Waals surface area contributed by atoms with Crippen LogP contribution in [0.25, 0.3) is 0 Å².